The molecule has 0 saturated heterocycles. The van der Waals surface area contributed by atoms with Crippen molar-refractivity contribution in [2.24, 2.45) is 0 Å². The van der Waals surface area contributed by atoms with Crippen LogP contribution in [0.2, 0.25) is 5.02 Å². The highest BCUT2D eigenvalue weighted by Gasteiger charge is 2.22. The Morgan fingerprint density at radius 1 is 1.18 bits per heavy atom. The topological polar surface area (TPSA) is 110 Å². The summed E-state index contributed by atoms with van der Waals surface area (Å²) in [6.07, 6.45) is 0. The molecule has 9 heteroatoms. The molecule has 28 heavy (non-hydrogen) atoms. The number of nitrogens with one attached hydrogen (secondary N) is 2. The predicted molar refractivity (Wildman–Crippen MR) is 106 cm³/mol. The minimum atomic E-state index is -0.461. The monoisotopic (exact) mass is 400 g/mol. The Hall–Kier alpha value is -3.39. The fourth-order valence-electron chi connectivity index (χ4n) is 2.72. The number of halogens is 1. The van der Waals surface area contributed by atoms with E-state index < -0.39 is 4.92 Å². The molecule has 144 valence electrons. The zero-order valence-electron chi connectivity index (χ0n) is 14.9. The highest BCUT2D eigenvalue weighted by atomic mass is 35.5. The molecule has 1 amide bonds. The van der Waals surface area contributed by atoms with Gasteiger partial charge in [0.15, 0.2) is 0 Å². The van der Waals surface area contributed by atoms with E-state index in [1.54, 1.807) is 49.4 Å². The molecule has 0 aliphatic rings. The maximum atomic E-state index is 12.6. The molecule has 8 nitrogen and oxygen atoms in total. The van der Waals surface area contributed by atoms with E-state index in [2.05, 4.69) is 15.8 Å². The number of nitrogens with zero attached hydrogens (tertiary/aromatic N) is 2. The molecule has 1 aromatic heterocycles. The molecule has 0 fully saturated rings. The average Bonchev–Trinajstić information content (AvgIpc) is 3.07. The first-order valence-corrected chi connectivity index (χ1v) is 8.83. The molecular weight excluding hydrogens is 384 g/mol. The van der Waals surface area contributed by atoms with Crippen molar-refractivity contribution in [2.45, 2.75) is 6.92 Å². The van der Waals surface area contributed by atoms with Gasteiger partial charge in [-0.2, -0.15) is 0 Å². The van der Waals surface area contributed by atoms with Gasteiger partial charge >= 0.3 is 0 Å². The van der Waals surface area contributed by atoms with E-state index in [-0.39, 0.29) is 18.1 Å². The third-order valence-corrected chi connectivity index (χ3v) is 4.38. The van der Waals surface area contributed by atoms with Crippen molar-refractivity contribution < 1.29 is 14.2 Å². The highest BCUT2D eigenvalue weighted by molar-refractivity contribution is 6.33. The van der Waals surface area contributed by atoms with Crippen molar-refractivity contribution in [2.75, 3.05) is 18.4 Å². The van der Waals surface area contributed by atoms with Gasteiger partial charge in [-0.1, -0.05) is 47.1 Å². The van der Waals surface area contributed by atoms with Gasteiger partial charge in [-0.3, -0.25) is 14.9 Å². The fourth-order valence-corrected chi connectivity index (χ4v) is 2.95. The molecule has 2 aromatic carbocycles. The number of aryl methyl sites for hydroxylation is 1. The van der Waals surface area contributed by atoms with E-state index in [9.17, 15) is 14.9 Å². The predicted octanol–water partition coefficient (Wildman–Crippen LogP) is 4.05. The summed E-state index contributed by atoms with van der Waals surface area (Å²) in [5, 5.41) is 21.2. The maximum Gasteiger partial charge on any atom is 0.292 e. The largest absolute Gasteiger partial charge is 0.378 e. The van der Waals surface area contributed by atoms with Crippen LogP contribution in [0.3, 0.4) is 0 Å². The van der Waals surface area contributed by atoms with Crippen LogP contribution in [0.25, 0.3) is 11.3 Å². The van der Waals surface area contributed by atoms with Crippen LogP contribution in [0.1, 0.15) is 16.1 Å². The Bertz CT molecular complexity index is 1020. The number of amides is 1. The summed E-state index contributed by atoms with van der Waals surface area (Å²) < 4.78 is 5.18. The Morgan fingerprint density at radius 2 is 1.89 bits per heavy atom. The van der Waals surface area contributed by atoms with E-state index in [0.717, 1.165) is 0 Å². The highest BCUT2D eigenvalue weighted by Crippen LogP contribution is 2.30. The van der Waals surface area contributed by atoms with Gasteiger partial charge in [0.2, 0.25) is 0 Å². The smallest absolute Gasteiger partial charge is 0.292 e. The number of carbonyl (C=O) groups excluding carboxylic acids is 1. The number of nitro groups is 1. The van der Waals surface area contributed by atoms with Gasteiger partial charge < -0.3 is 15.2 Å². The lowest BCUT2D eigenvalue weighted by Gasteiger charge is -2.09. The van der Waals surface area contributed by atoms with Crippen LogP contribution in [-0.2, 0) is 0 Å². The number of anilines is 1. The summed E-state index contributed by atoms with van der Waals surface area (Å²) in [6, 6.07) is 13.4. The SMILES string of the molecule is Cc1onc(-c2ccccc2Cl)c1C(=O)NCCNc1ccccc1[N+](=O)[O-]. The van der Waals surface area contributed by atoms with Crippen LogP contribution in [0.5, 0.6) is 0 Å². The van der Waals surface area contributed by atoms with E-state index in [1.807, 2.05) is 0 Å². The Balaban J connectivity index is 1.66. The lowest BCUT2D eigenvalue weighted by Crippen LogP contribution is -2.29. The molecule has 2 N–H and O–H groups in total. The van der Waals surface area contributed by atoms with Gasteiger partial charge in [0.25, 0.3) is 11.6 Å². The second-order valence-electron chi connectivity index (χ2n) is 5.90. The number of rotatable bonds is 7. The molecule has 1 heterocycles. The Labute approximate surface area is 165 Å². The summed E-state index contributed by atoms with van der Waals surface area (Å²) >= 11 is 6.20. The fraction of sp³-hybridized carbons (Fsp3) is 0.158. The molecule has 0 aliphatic heterocycles. The van der Waals surface area contributed by atoms with Gasteiger partial charge in [-0.15, -0.1) is 0 Å². The van der Waals surface area contributed by atoms with E-state index >= 15 is 0 Å². The third-order valence-electron chi connectivity index (χ3n) is 4.05. The van der Waals surface area contributed by atoms with Crippen LogP contribution in [0, 0.1) is 17.0 Å². The molecule has 0 unspecified atom stereocenters. The second-order valence-corrected chi connectivity index (χ2v) is 6.31. The lowest BCUT2D eigenvalue weighted by molar-refractivity contribution is -0.384. The van der Waals surface area contributed by atoms with Crippen molar-refractivity contribution in [3.05, 3.63) is 75.0 Å². The molecule has 0 aliphatic carbocycles. The molecule has 3 rings (SSSR count). The van der Waals surface area contributed by atoms with E-state index in [0.29, 0.717) is 39.8 Å². The number of hydrogen-bond acceptors (Lipinski definition) is 6. The van der Waals surface area contributed by atoms with Crippen LogP contribution in [0.4, 0.5) is 11.4 Å². The van der Waals surface area contributed by atoms with Crippen LogP contribution >= 0.6 is 11.6 Å². The number of hydrogen-bond donors (Lipinski definition) is 2. The minimum Gasteiger partial charge on any atom is -0.378 e. The normalized spacial score (nSPS) is 10.5. The van der Waals surface area contributed by atoms with Gasteiger partial charge in [-0.05, 0) is 19.1 Å². The standard InChI is InChI=1S/C19H17ClN4O4/c1-12-17(18(23-28-12)13-6-2-3-7-14(13)20)19(25)22-11-10-21-15-8-4-5-9-16(15)24(26)27/h2-9,21H,10-11H2,1H3,(H,22,25). The van der Waals surface area contributed by atoms with Crippen molar-refractivity contribution >= 4 is 28.9 Å². The number of aromatic nitrogens is 1. The lowest BCUT2D eigenvalue weighted by atomic mass is 10.1. The average molecular weight is 401 g/mol. The second kappa shape index (κ2) is 8.53. The van der Waals surface area contributed by atoms with Crippen LogP contribution in [0.15, 0.2) is 53.1 Å². The van der Waals surface area contributed by atoms with Crippen LogP contribution < -0.4 is 10.6 Å². The molecule has 0 bridgehead atoms. The van der Waals surface area contributed by atoms with Gasteiger partial charge in [0, 0.05) is 24.7 Å². The van der Waals surface area contributed by atoms with E-state index in [1.165, 1.54) is 6.07 Å². The molecular formula is C19H17ClN4O4. The summed E-state index contributed by atoms with van der Waals surface area (Å²) in [5.41, 5.74) is 1.64. The number of para-hydroxylation sites is 2. The summed E-state index contributed by atoms with van der Waals surface area (Å²) in [5.74, 6) is 0.0112. The van der Waals surface area contributed by atoms with Crippen molar-refractivity contribution in [3.63, 3.8) is 0 Å². The third kappa shape index (κ3) is 4.12. The summed E-state index contributed by atoms with van der Waals surface area (Å²) in [6.45, 7) is 2.20. The van der Waals surface area contributed by atoms with Crippen LogP contribution in [-0.4, -0.2) is 29.1 Å². The first-order valence-electron chi connectivity index (χ1n) is 8.45. The molecule has 0 spiro atoms. The molecule has 0 radical (unpaired) electrons. The Kier molecular flexibility index (Phi) is 5.90. The van der Waals surface area contributed by atoms with Crippen molar-refractivity contribution in [1.82, 2.24) is 10.5 Å². The summed E-state index contributed by atoms with van der Waals surface area (Å²) in [7, 11) is 0. The molecule has 3 aromatic rings. The maximum absolute atomic E-state index is 12.6. The zero-order chi connectivity index (χ0) is 20.1. The van der Waals surface area contributed by atoms with E-state index in [4.69, 9.17) is 16.1 Å². The van der Waals surface area contributed by atoms with Gasteiger partial charge in [0.05, 0.1) is 9.95 Å². The first kappa shape index (κ1) is 19.4. The number of nitro benzene ring substituents is 1. The van der Waals surface area contributed by atoms with Gasteiger partial charge in [-0.25, -0.2) is 0 Å². The van der Waals surface area contributed by atoms with Gasteiger partial charge in [0.1, 0.15) is 22.7 Å². The molecule has 0 atom stereocenters. The molecule has 0 saturated carbocycles. The number of carbonyl (C=O) groups is 1. The quantitative estimate of drug-likeness (QED) is 0.351. The number of benzene rings is 2. The van der Waals surface area contributed by atoms with Crippen molar-refractivity contribution in [1.29, 1.82) is 0 Å². The summed E-state index contributed by atoms with van der Waals surface area (Å²) in [4.78, 5) is 23.2. The zero-order valence-corrected chi connectivity index (χ0v) is 15.7. The van der Waals surface area contributed by atoms with Crippen molar-refractivity contribution in [3.8, 4) is 11.3 Å². The Morgan fingerprint density at radius 3 is 2.64 bits per heavy atom. The first-order chi connectivity index (χ1) is 13.5. The minimum absolute atomic E-state index is 0.0234.